The molecule has 0 spiro atoms. The van der Waals surface area contributed by atoms with Gasteiger partial charge in [-0.25, -0.2) is 0 Å². The Morgan fingerprint density at radius 1 is 1.23 bits per heavy atom. The van der Waals surface area contributed by atoms with Crippen molar-refractivity contribution in [1.29, 1.82) is 0 Å². The molecular formula is C15H22BrCl3N2O. The molecule has 1 heterocycles. The molecule has 0 amide bonds. The van der Waals surface area contributed by atoms with Crippen molar-refractivity contribution in [1.82, 2.24) is 10.2 Å². The Hall–Kier alpha value is 0.290. The Kier molecular flexibility index (Phi) is 8.27. The lowest BCUT2D eigenvalue weighted by molar-refractivity contribution is 0.0819. The van der Waals surface area contributed by atoms with Crippen molar-refractivity contribution in [2.24, 2.45) is 5.92 Å². The van der Waals surface area contributed by atoms with Gasteiger partial charge in [-0.3, -0.25) is 4.90 Å². The third kappa shape index (κ3) is 4.03. The lowest BCUT2D eigenvalue weighted by atomic mass is 9.76. The van der Waals surface area contributed by atoms with Gasteiger partial charge in [0, 0.05) is 42.8 Å². The number of hydrogen-bond donors (Lipinski definition) is 2. The monoisotopic (exact) mass is 430 g/mol. The zero-order chi connectivity index (χ0) is 14.1. The number of phenols is 1. The number of benzene rings is 1. The van der Waals surface area contributed by atoms with Crippen molar-refractivity contribution in [3.05, 3.63) is 27.2 Å². The molecule has 1 atom stereocenters. The summed E-state index contributed by atoms with van der Waals surface area (Å²) in [6.45, 7) is 4.05. The molecule has 1 aromatic rings. The predicted octanol–water partition coefficient (Wildman–Crippen LogP) is 4.40. The molecule has 0 aromatic heterocycles. The van der Waals surface area contributed by atoms with Gasteiger partial charge < -0.3 is 10.4 Å². The molecule has 2 N–H and O–H groups in total. The van der Waals surface area contributed by atoms with Crippen LogP contribution in [0.4, 0.5) is 0 Å². The SMILES string of the molecule is Cl.Cl.Oc1c(Br)ccc(Cl)c1[C@H](C1CCC1)N1CCNCC1. The maximum atomic E-state index is 10.5. The molecule has 0 radical (unpaired) electrons. The van der Waals surface area contributed by atoms with Gasteiger partial charge in [0.25, 0.3) is 0 Å². The smallest absolute Gasteiger partial charge is 0.136 e. The summed E-state index contributed by atoms with van der Waals surface area (Å²) in [7, 11) is 0. The molecule has 1 aromatic carbocycles. The third-order valence-corrected chi connectivity index (χ3v) is 5.52. The first kappa shape index (κ1) is 20.3. The van der Waals surface area contributed by atoms with Crippen LogP contribution in [0.15, 0.2) is 16.6 Å². The highest BCUT2D eigenvalue weighted by molar-refractivity contribution is 9.10. The molecule has 126 valence electrons. The van der Waals surface area contributed by atoms with E-state index in [1.807, 2.05) is 12.1 Å². The lowest BCUT2D eigenvalue weighted by Crippen LogP contribution is -2.48. The first-order chi connectivity index (χ1) is 9.68. The Balaban J connectivity index is 0.00000121. The number of halogens is 4. The minimum atomic E-state index is 0. The van der Waals surface area contributed by atoms with E-state index < -0.39 is 0 Å². The Morgan fingerprint density at radius 2 is 1.86 bits per heavy atom. The van der Waals surface area contributed by atoms with Crippen LogP contribution < -0.4 is 5.32 Å². The summed E-state index contributed by atoms with van der Waals surface area (Å²) in [6, 6.07) is 3.95. The molecule has 3 nitrogen and oxygen atoms in total. The van der Waals surface area contributed by atoms with Crippen LogP contribution >= 0.6 is 52.3 Å². The molecule has 0 bridgehead atoms. The second-order valence-electron chi connectivity index (χ2n) is 5.71. The molecule has 3 rings (SSSR count). The fraction of sp³-hybridized carbons (Fsp3) is 0.600. The maximum Gasteiger partial charge on any atom is 0.136 e. The van der Waals surface area contributed by atoms with Gasteiger partial charge in [0.15, 0.2) is 0 Å². The normalized spacial score (nSPS) is 20.5. The van der Waals surface area contributed by atoms with Crippen molar-refractivity contribution in [2.45, 2.75) is 25.3 Å². The molecule has 7 heteroatoms. The number of nitrogens with one attached hydrogen (secondary N) is 1. The third-order valence-electron chi connectivity index (χ3n) is 4.55. The van der Waals surface area contributed by atoms with Crippen molar-refractivity contribution >= 4 is 52.3 Å². The average molecular weight is 433 g/mol. The average Bonchev–Trinajstić information content (AvgIpc) is 2.41. The molecule has 1 saturated heterocycles. The van der Waals surface area contributed by atoms with Crippen LogP contribution in [0.25, 0.3) is 0 Å². The van der Waals surface area contributed by atoms with Crippen molar-refractivity contribution in [3.8, 4) is 5.75 Å². The molecule has 1 aliphatic heterocycles. The zero-order valence-corrected chi connectivity index (χ0v) is 16.2. The van der Waals surface area contributed by atoms with Crippen LogP contribution in [0.5, 0.6) is 5.75 Å². The summed E-state index contributed by atoms with van der Waals surface area (Å²) in [5.41, 5.74) is 0.910. The molecule has 0 unspecified atom stereocenters. The molecule has 22 heavy (non-hydrogen) atoms. The van der Waals surface area contributed by atoms with Crippen LogP contribution in [0.2, 0.25) is 5.02 Å². The van der Waals surface area contributed by atoms with Crippen LogP contribution in [0.3, 0.4) is 0 Å². The first-order valence-corrected chi connectivity index (χ1v) is 8.47. The number of aromatic hydroxyl groups is 1. The summed E-state index contributed by atoms with van der Waals surface area (Å²) in [6.07, 6.45) is 3.76. The van der Waals surface area contributed by atoms with Crippen molar-refractivity contribution in [3.63, 3.8) is 0 Å². The van der Waals surface area contributed by atoms with E-state index in [2.05, 4.69) is 26.1 Å². The van der Waals surface area contributed by atoms with Gasteiger partial charge in [0.2, 0.25) is 0 Å². The van der Waals surface area contributed by atoms with E-state index in [4.69, 9.17) is 11.6 Å². The van der Waals surface area contributed by atoms with Crippen LogP contribution in [-0.2, 0) is 0 Å². The lowest BCUT2D eigenvalue weighted by Gasteiger charge is -2.43. The van der Waals surface area contributed by atoms with E-state index >= 15 is 0 Å². The Morgan fingerprint density at radius 3 is 2.41 bits per heavy atom. The maximum absolute atomic E-state index is 10.5. The van der Waals surface area contributed by atoms with Gasteiger partial charge in [0.1, 0.15) is 5.75 Å². The number of piperazine rings is 1. The quantitative estimate of drug-likeness (QED) is 0.743. The van der Waals surface area contributed by atoms with Crippen molar-refractivity contribution < 1.29 is 5.11 Å². The summed E-state index contributed by atoms with van der Waals surface area (Å²) < 4.78 is 0.733. The fourth-order valence-corrected chi connectivity index (χ4v) is 3.88. The van der Waals surface area contributed by atoms with Crippen LogP contribution in [0, 0.1) is 5.92 Å². The number of rotatable bonds is 3. The summed E-state index contributed by atoms with van der Waals surface area (Å²) in [4.78, 5) is 2.48. The first-order valence-electron chi connectivity index (χ1n) is 7.30. The van der Waals surface area contributed by atoms with E-state index in [0.29, 0.717) is 16.7 Å². The standard InChI is InChI=1S/C15H20BrClN2O.2ClH/c16-11-4-5-12(17)13(15(11)20)14(10-2-1-3-10)19-8-6-18-7-9-19;;/h4-5,10,14,18,20H,1-3,6-9H2;2*1H/t14-;;/m0../s1. The highest BCUT2D eigenvalue weighted by atomic mass is 79.9. The van der Waals surface area contributed by atoms with Gasteiger partial charge in [-0.1, -0.05) is 18.0 Å². The number of phenolic OH excluding ortho intramolecular Hbond substituents is 1. The molecule has 2 fully saturated rings. The van der Waals surface area contributed by atoms with Crippen LogP contribution in [0.1, 0.15) is 30.9 Å². The van der Waals surface area contributed by atoms with Crippen LogP contribution in [-0.4, -0.2) is 36.2 Å². The Labute approximate surface area is 157 Å². The van der Waals surface area contributed by atoms with E-state index in [0.717, 1.165) is 36.2 Å². The molecule has 1 saturated carbocycles. The van der Waals surface area contributed by atoms with Crippen molar-refractivity contribution in [2.75, 3.05) is 26.2 Å². The van der Waals surface area contributed by atoms with Gasteiger partial charge in [-0.15, -0.1) is 24.8 Å². The molecular weight excluding hydrogens is 410 g/mol. The zero-order valence-electron chi connectivity index (χ0n) is 12.2. The van der Waals surface area contributed by atoms with Gasteiger partial charge in [-0.05, 0) is 46.8 Å². The number of hydrogen-bond acceptors (Lipinski definition) is 3. The Bertz CT molecular complexity index is 494. The van der Waals surface area contributed by atoms with E-state index in [-0.39, 0.29) is 30.9 Å². The predicted molar refractivity (Wildman–Crippen MR) is 99.8 cm³/mol. The molecule has 2 aliphatic rings. The summed E-state index contributed by atoms with van der Waals surface area (Å²) in [5, 5.41) is 14.5. The van der Waals surface area contributed by atoms with Gasteiger partial charge >= 0.3 is 0 Å². The topological polar surface area (TPSA) is 35.5 Å². The fourth-order valence-electron chi connectivity index (χ4n) is 3.27. The molecule has 1 aliphatic carbocycles. The van der Waals surface area contributed by atoms with E-state index in [1.54, 1.807) is 0 Å². The highest BCUT2D eigenvalue weighted by Gasteiger charge is 2.36. The minimum Gasteiger partial charge on any atom is -0.506 e. The van der Waals surface area contributed by atoms with Gasteiger partial charge in [0.05, 0.1) is 4.47 Å². The van der Waals surface area contributed by atoms with Gasteiger partial charge in [-0.2, -0.15) is 0 Å². The van der Waals surface area contributed by atoms with E-state index in [9.17, 15) is 5.11 Å². The second kappa shape index (κ2) is 8.95. The summed E-state index contributed by atoms with van der Waals surface area (Å²) >= 11 is 9.84. The van der Waals surface area contributed by atoms with E-state index in [1.165, 1.54) is 19.3 Å². The highest BCUT2D eigenvalue weighted by Crippen LogP contribution is 2.48. The largest absolute Gasteiger partial charge is 0.506 e. The minimum absolute atomic E-state index is 0. The summed E-state index contributed by atoms with van der Waals surface area (Å²) in [5.74, 6) is 0.929. The number of nitrogens with zero attached hydrogens (tertiary/aromatic N) is 1. The second-order valence-corrected chi connectivity index (χ2v) is 6.97.